The van der Waals surface area contributed by atoms with E-state index in [0.29, 0.717) is 13.2 Å². The van der Waals surface area contributed by atoms with E-state index in [1.54, 1.807) is 0 Å². The van der Waals surface area contributed by atoms with Crippen molar-refractivity contribution < 1.29 is 38.3 Å². The van der Waals surface area contributed by atoms with Crippen molar-refractivity contribution >= 4 is 5.97 Å². The molecule has 0 radical (unpaired) electrons. The maximum atomic E-state index is 11.6. The smallest absolute Gasteiger partial charge is 0.302 e. The molecule has 1 aromatic carbocycles. The molecule has 10 atom stereocenters. The second-order valence-corrected chi connectivity index (χ2v) is 10.3. The van der Waals surface area contributed by atoms with E-state index in [1.165, 1.54) is 6.92 Å². The maximum Gasteiger partial charge on any atom is 0.302 e. The monoisotopic (exact) mass is 520 g/mol. The van der Waals surface area contributed by atoms with Crippen LogP contribution in [-0.4, -0.2) is 67.4 Å². The zero-order valence-corrected chi connectivity index (χ0v) is 22.8. The van der Waals surface area contributed by atoms with E-state index in [0.717, 1.165) is 18.4 Å². The minimum absolute atomic E-state index is 0.0281. The van der Waals surface area contributed by atoms with Gasteiger partial charge in [0.1, 0.15) is 18.8 Å². The highest BCUT2D eigenvalue weighted by Gasteiger charge is 2.48. The Morgan fingerprint density at radius 1 is 1.00 bits per heavy atom. The highest BCUT2D eigenvalue weighted by molar-refractivity contribution is 5.65. The topological polar surface area (TPSA) is 92.7 Å². The van der Waals surface area contributed by atoms with Gasteiger partial charge in [-0.05, 0) is 31.2 Å². The molecule has 0 bridgehead atoms. The Balaban J connectivity index is 1.70. The molecule has 37 heavy (non-hydrogen) atoms. The number of rotatable bonds is 12. The molecule has 0 amide bonds. The number of benzene rings is 1. The number of unbranched alkanes of at least 4 members (excludes halogenated alkanes) is 1. The lowest BCUT2D eigenvalue weighted by Gasteiger charge is -2.48. The number of aliphatic hydroxyl groups excluding tert-OH is 1. The number of ether oxygens (including phenoxy) is 6. The van der Waals surface area contributed by atoms with Crippen LogP contribution in [0.4, 0.5) is 0 Å². The van der Waals surface area contributed by atoms with Crippen LogP contribution in [-0.2, 0) is 39.8 Å². The molecule has 2 aliphatic heterocycles. The van der Waals surface area contributed by atoms with E-state index in [1.807, 2.05) is 50.3 Å². The predicted octanol–water partition coefficient (Wildman–Crippen LogP) is 4.24. The maximum absolute atomic E-state index is 11.6. The summed E-state index contributed by atoms with van der Waals surface area (Å²) in [6.45, 7) is 14.1. The summed E-state index contributed by atoms with van der Waals surface area (Å²) in [5.41, 5.74) is 1.03. The molecule has 2 saturated heterocycles. The van der Waals surface area contributed by atoms with Crippen LogP contribution in [0.5, 0.6) is 0 Å². The molecule has 2 aliphatic rings. The summed E-state index contributed by atoms with van der Waals surface area (Å²) >= 11 is 0. The molecule has 8 heteroatoms. The summed E-state index contributed by atoms with van der Waals surface area (Å²) in [4.78, 5) is 11.6. The fourth-order valence-corrected chi connectivity index (χ4v) is 4.90. The minimum Gasteiger partial charge on any atom is -0.463 e. The number of aliphatic hydroxyl groups is 1. The van der Waals surface area contributed by atoms with Gasteiger partial charge in [-0.2, -0.15) is 0 Å². The summed E-state index contributed by atoms with van der Waals surface area (Å²) in [6.07, 6.45) is -0.156. The quantitative estimate of drug-likeness (QED) is 0.249. The van der Waals surface area contributed by atoms with Gasteiger partial charge < -0.3 is 33.5 Å². The lowest BCUT2D eigenvalue weighted by atomic mass is 9.84. The molecule has 1 N–H and O–H groups in total. The average molecular weight is 521 g/mol. The third kappa shape index (κ3) is 8.09. The Morgan fingerprint density at radius 2 is 1.73 bits per heavy atom. The summed E-state index contributed by atoms with van der Waals surface area (Å²) in [7, 11) is 0. The summed E-state index contributed by atoms with van der Waals surface area (Å²) in [5, 5.41) is 10.8. The van der Waals surface area contributed by atoms with Crippen LogP contribution < -0.4 is 0 Å². The molecule has 1 aromatic rings. The second-order valence-electron chi connectivity index (χ2n) is 10.3. The van der Waals surface area contributed by atoms with E-state index in [2.05, 4.69) is 20.4 Å². The zero-order chi connectivity index (χ0) is 26.9. The van der Waals surface area contributed by atoms with Gasteiger partial charge in [0.05, 0.1) is 31.5 Å². The van der Waals surface area contributed by atoms with E-state index >= 15 is 0 Å². The van der Waals surface area contributed by atoms with Crippen molar-refractivity contribution in [1.82, 2.24) is 0 Å². The van der Waals surface area contributed by atoms with E-state index in [-0.39, 0.29) is 30.3 Å². The van der Waals surface area contributed by atoms with Gasteiger partial charge in [-0.15, -0.1) is 6.58 Å². The molecule has 208 valence electrons. The van der Waals surface area contributed by atoms with Crippen molar-refractivity contribution in [3.63, 3.8) is 0 Å². The summed E-state index contributed by atoms with van der Waals surface area (Å²) in [6, 6.07) is 9.86. The van der Waals surface area contributed by atoms with Gasteiger partial charge in [0.2, 0.25) is 0 Å². The van der Waals surface area contributed by atoms with Crippen LogP contribution in [0.25, 0.3) is 0 Å². The number of esters is 1. The number of allylic oxidation sites excluding steroid dienone is 1. The Morgan fingerprint density at radius 3 is 2.41 bits per heavy atom. The van der Waals surface area contributed by atoms with Crippen LogP contribution in [0.2, 0.25) is 0 Å². The second kappa shape index (κ2) is 14.4. The fourth-order valence-electron chi connectivity index (χ4n) is 4.90. The van der Waals surface area contributed by atoms with Crippen molar-refractivity contribution in [2.24, 2.45) is 17.8 Å². The molecule has 3 rings (SSSR count). The number of carbonyl (C=O) groups excluding carboxylic acids is 1. The molecule has 0 spiro atoms. The summed E-state index contributed by atoms with van der Waals surface area (Å²) < 4.78 is 36.5. The van der Waals surface area contributed by atoms with E-state index in [9.17, 15) is 9.90 Å². The summed E-state index contributed by atoms with van der Waals surface area (Å²) in [5.74, 6) is -0.570. The molecule has 8 nitrogen and oxygen atoms in total. The fraction of sp³-hybridized carbons (Fsp3) is 0.690. The molecule has 0 aromatic heterocycles. The van der Waals surface area contributed by atoms with Gasteiger partial charge in [-0.25, -0.2) is 0 Å². The zero-order valence-electron chi connectivity index (χ0n) is 22.8. The molecule has 4 unspecified atom stereocenters. The van der Waals surface area contributed by atoms with Crippen molar-refractivity contribution in [3.05, 3.63) is 48.6 Å². The van der Waals surface area contributed by atoms with Gasteiger partial charge in [0.25, 0.3) is 0 Å². The predicted molar refractivity (Wildman–Crippen MR) is 138 cm³/mol. The highest BCUT2D eigenvalue weighted by atomic mass is 16.7. The first-order valence-electron chi connectivity index (χ1n) is 13.4. The van der Waals surface area contributed by atoms with Gasteiger partial charge >= 0.3 is 5.97 Å². The van der Waals surface area contributed by atoms with Gasteiger partial charge in [-0.3, -0.25) is 4.79 Å². The SMILES string of the molecule is C=CCCCO[C@@H]1OC(COC(C)=O)[C@@H](O[C@@H]2OC(C)[C@@H](O)[C@@H](OCc3ccccc3)C2C)[C@H](C)C1C. The van der Waals surface area contributed by atoms with Crippen LogP contribution in [0, 0.1) is 17.8 Å². The molecule has 2 heterocycles. The van der Waals surface area contributed by atoms with Crippen molar-refractivity contribution in [1.29, 1.82) is 0 Å². The Labute approximate surface area is 221 Å². The van der Waals surface area contributed by atoms with Gasteiger partial charge in [0.15, 0.2) is 12.6 Å². The minimum atomic E-state index is -0.789. The van der Waals surface area contributed by atoms with Crippen LogP contribution in [0.3, 0.4) is 0 Å². The lowest BCUT2D eigenvalue weighted by molar-refractivity contribution is -0.336. The molecule has 0 aliphatic carbocycles. The lowest BCUT2D eigenvalue weighted by Crippen LogP contribution is -2.59. The normalized spacial score (nSPS) is 36.2. The third-order valence-electron chi connectivity index (χ3n) is 7.43. The van der Waals surface area contributed by atoms with Crippen molar-refractivity contribution in [3.8, 4) is 0 Å². The van der Waals surface area contributed by atoms with Crippen LogP contribution in [0.1, 0.15) is 53.0 Å². The first-order valence-corrected chi connectivity index (χ1v) is 13.4. The van der Waals surface area contributed by atoms with Crippen molar-refractivity contribution in [2.75, 3.05) is 13.2 Å². The molecule has 0 saturated carbocycles. The third-order valence-corrected chi connectivity index (χ3v) is 7.43. The first-order chi connectivity index (χ1) is 17.7. The Bertz CT molecular complexity index is 832. The Hall–Kier alpha value is -1.81. The Kier molecular flexibility index (Phi) is 11.6. The standard InChI is InChI=1S/C29H44O8/c1-7-8-12-15-32-28-19(3)18(2)26(24(36-28)17-33-22(6)30)37-29-20(4)27(25(31)21(5)35-29)34-16-23-13-10-9-11-14-23/h7,9-11,13-14,18-21,24-29,31H,1,8,12,15-17H2,2-6H3/t18-,19?,20?,21?,24?,25-,26+,27+,28-,29+/m1/s1. The average Bonchev–Trinajstić information content (AvgIpc) is 2.88. The molecule has 2 fully saturated rings. The van der Waals surface area contributed by atoms with Crippen molar-refractivity contribution in [2.45, 2.75) is 97.2 Å². The molecular formula is C29H44O8. The van der Waals surface area contributed by atoms with Gasteiger partial charge in [-0.1, -0.05) is 57.2 Å². The number of carbonyl (C=O) groups is 1. The first kappa shape index (κ1) is 29.7. The van der Waals surface area contributed by atoms with E-state index in [4.69, 9.17) is 28.4 Å². The largest absolute Gasteiger partial charge is 0.463 e. The van der Waals surface area contributed by atoms with Crippen LogP contribution >= 0.6 is 0 Å². The number of hydrogen-bond acceptors (Lipinski definition) is 8. The number of hydrogen-bond donors (Lipinski definition) is 1. The highest BCUT2D eigenvalue weighted by Crippen LogP contribution is 2.37. The molecular weight excluding hydrogens is 476 g/mol. The van der Waals surface area contributed by atoms with Gasteiger partial charge in [0, 0.05) is 18.8 Å². The van der Waals surface area contributed by atoms with Crippen LogP contribution in [0.15, 0.2) is 43.0 Å². The van der Waals surface area contributed by atoms with E-state index < -0.39 is 43.1 Å².